The molecular formula is C18H22FN3O. The van der Waals surface area contributed by atoms with Crippen LogP contribution in [0.5, 0.6) is 0 Å². The second-order valence-electron chi connectivity index (χ2n) is 6.03. The van der Waals surface area contributed by atoms with Gasteiger partial charge < -0.3 is 4.74 Å². The molecule has 0 radical (unpaired) electrons. The van der Waals surface area contributed by atoms with E-state index >= 15 is 0 Å². The third-order valence-electron chi connectivity index (χ3n) is 4.22. The first-order chi connectivity index (χ1) is 11.2. The number of piperidine rings is 1. The molecule has 1 saturated heterocycles. The minimum Gasteiger partial charge on any atom is -0.377 e. The number of aromatic nitrogens is 2. The van der Waals surface area contributed by atoms with Crippen molar-refractivity contribution in [1.29, 1.82) is 0 Å². The van der Waals surface area contributed by atoms with Crippen LogP contribution in [-0.4, -0.2) is 35.1 Å². The molecule has 1 fully saturated rings. The van der Waals surface area contributed by atoms with E-state index in [0.29, 0.717) is 12.5 Å². The topological polar surface area (TPSA) is 38.2 Å². The van der Waals surface area contributed by atoms with Gasteiger partial charge in [-0.25, -0.2) is 14.4 Å². The van der Waals surface area contributed by atoms with E-state index in [0.717, 1.165) is 49.6 Å². The Kier molecular flexibility index (Phi) is 5.31. The van der Waals surface area contributed by atoms with E-state index < -0.39 is 0 Å². The van der Waals surface area contributed by atoms with Crippen molar-refractivity contribution < 1.29 is 9.13 Å². The van der Waals surface area contributed by atoms with Gasteiger partial charge in [0.2, 0.25) is 0 Å². The highest BCUT2D eigenvalue weighted by molar-refractivity contribution is 5.17. The molecule has 0 bridgehead atoms. The summed E-state index contributed by atoms with van der Waals surface area (Å²) in [4.78, 5) is 11.2. The van der Waals surface area contributed by atoms with Gasteiger partial charge in [-0.3, -0.25) is 4.90 Å². The molecule has 1 aliphatic heterocycles. The van der Waals surface area contributed by atoms with E-state index in [2.05, 4.69) is 14.9 Å². The molecule has 0 unspecified atom stereocenters. The number of ether oxygens (including phenoxy) is 1. The molecule has 1 aromatic heterocycles. The molecule has 0 aliphatic carbocycles. The summed E-state index contributed by atoms with van der Waals surface area (Å²) in [7, 11) is 1.65. The van der Waals surface area contributed by atoms with E-state index in [1.807, 2.05) is 18.3 Å². The van der Waals surface area contributed by atoms with Crippen molar-refractivity contribution in [2.24, 2.45) is 0 Å². The Morgan fingerprint density at radius 1 is 1.35 bits per heavy atom. The van der Waals surface area contributed by atoms with Crippen LogP contribution in [0.25, 0.3) is 0 Å². The number of rotatable bonds is 5. The highest BCUT2D eigenvalue weighted by Crippen LogP contribution is 2.26. The zero-order chi connectivity index (χ0) is 16.1. The molecular weight excluding hydrogens is 293 g/mol. The van der Waals surface area contributed by atoms with E-state index in [1.165, 1.54) is 6.07 Å². The predicted octanol–water partition coefficient (Wildman–Crippen LogP) is 3.14. The van der Waals surface area contributed by atoms with E-state index in [9.17, 15) is 4.39 Å². The van der Waals surface area contributed by atoms with Crippen LogP contribution in [0.3, 0.4) is 0 Å². The van der Waals surface area contributed by atoms with Crippen molar-refractivity contribution in [2.75, 3.05) is 20.2 Å². The summed E-state index contributed by atoms with van der Waals surface area (Å²) < 4.78 is 18.4. The summed E-state index contributed by atoms with van der Waals surface area (Å²) in [6, 6.07) is 8.85. The molecule has 0 spiro atoms. The molecule has 0 saturated carbocycles. The lowest BCUT2D eigenvalue weighted by atomic mass is 9.94. The molecule has 0 N–H and O–H groups in total. The van der Waals surface area contributed by atoms with Crippen molar-refractivity contribution in [3.05, 3.63) is 59.4 Å². The van der Waals surface area contributed by atoms with Crippen molar-refractivity contribution >= 4 is 0 Å². The molecule has 0 amide bonds. The highest BCUT2D eigenvalue weighted by atomic mass is 19.1. The van der Waals surface area contributed by atoms with Gasteiger partial charge in [-0.05, 0) is 43.1 Å². The molecule has 5 heteroatoms. The van der Waals surface area contributed by atoms with Crippen LogP contribution >= 0.6 is 0 Å². The number of methoxy groups -OCH3 is 1. The average molecular weight is 315 g/mol. The number of hydrogen-bond donors (Lipinski definition) is 0. The van der Waals surface area contributed by atoms with Crippen LogP contribution in [0.2, 0.25) is 0 Å². The molecule has 3 rings (SSSR count). The van der Waals surface area contributed by atoms with E-state index in [1.54, 1.807) is 19.2 Å². The quantitative estimate of drug-likeness (QED) is 0.849. The third kappa shape index (κ3) is 4.33. The smallest absolute Gasteiger partial charge is 0.154 e. The summed E-state index contributed by atoms with van der Waals surface area (Å²) in [5, 5.41) is 0. The zero-order valence-corrected chi connectivity index (χ0v) is 13.4. The molecule has 23 heavy (non-hydrogen) atoms. The Bertz CT molecular complexity index is 650. The first-order valence-corrected chi connectivity index (χ1v) is 8.02. The fourth-order valence-electron chi connectivity index (χ4n) is 3.17. The highest BCUT2D eigenvalue weighted by Gasteiger charge is 2.22. The molecule has 2 heterocycles. The number of nitrogens with zero attached hydrogens (tertiary/aromatic N) is 3. The standard InChI is InChI=1S/C18H22FN3O/c1-23-13-18-20-8-7-17(21-18)15-5-3-9-22(12-15)11-14-4-2-6-16(19)10-14/h2,4,6-8,10,15H,3,5,9,11-13H2,1H3/t15-/m1/s1. The predicted molar refractivity (Wildman–Crippen MR) is 86.4 cm³/mol. The summed E-state index contributed by atoms with van der Waals surface area (Å²) in [5.74, 6) is 0.958. The van der Waals surface area contributed by atoms with Crippen molar-refractivity contribution in [2.45, 2.75) is 31.9 Å². The summed E-state index contributed by atoms with van der Waals surface area (Å²) in [5.41, 5.74) is 2.10. The van der Waals surface area contributed by atoms with Crippen molar-refractivity contribution in [1.82, 2.24) is 14.9 Å². The van der Waals surface area contributed by atoms with Crippen LogP contribution in [0.15, 0.2) is 36.5 Å². The first-order valence-electron chi connectivity index (χ1n) is 8.02. The van der Waals surface area contributed by atoms with Crippen LogP contribution < -0.4 is 0 Å². The summed E-state index contributed by atoms with van der Waals surface area (Å²) >= 11 is 0. The van der Waals surface area contributed by atoms with Crippen LogP contribution in [0.1, 0.15) is 35.8 Å². The van der Waals surface area contributed by atoms with Gasteiger partial charge in [0.05, 0.1) is 0 Å². The zero-order valence-electron chi connectivity index (χ0n) is 13.4. The van der Waals surface area contributed by atoms with Crippen molar-refractivity contribution in [3.8, 4) is 0 Å². The maximum absolute atomic E-state index is 13.3. The van der Waals surface area contributed by atoms with Gasteiger partial charge in [0.25, 0.3) is 0 Å². The minimum absolute atomic E-state index is 0.170. The number of halogens is 1. The van der Waals surface area contributed by atoms with Gasteiger partial charge in [0.1, 0.15) is 12.4 Å². The second kappa shape index (κ2) is 7.62. The average Bonchev–Trinajstić information content (AvgIpc) is 2.56. The largest absolute Gasteiger partial charge is 0.377 e. The maximum atomic E-state index is 13.3. The molecule has 1 atom stereocenters. The molecule has 1 aromatic carbocycles. The van der Waals surface area contributed by atoms with Gasteiger partial charge in [-0.2, -0.15) is 0 Å². The van der Waals surface area contributed by atoms with Crippen LogP contribution in [0, 0.1) is 5.82 Å². The second-order valence-corrected chi connectivity index (χ2v) is 6.03. The number of hydrogen-bond acceptors (Lipinski definition) is 4. The van der Waals surface area contributed by atoms with Crippen LogP contribution in [-0.2, 0) is 17.9 Å². The molecule has 122 valence electrons. The Balaban J connectivity index is 1.67. The van der Waals surface area contributed by atoms with Crippen LogP contribution in [0.4, 0.5) is 4.39 Å². The normalized spacial score (nSPS) is 19.0. The molecule has 1 aliphatic rings. The van der Waals surface area contributed by atoms with Gasteiger partial charge in [-0.15, -0.1) is 0 Å². The van der Waals surface area contributed by atoms with Gasteiger partial charge in [-0.1, -0.05) is 12.1 Å². The fourth-order valence-corrected chi connectivity index (χ4v) is 3.17. The van der Waals surface area contributed by atoms with E-state index in [-0.39, 0.29) is 5.82 Å². The lowest BCUT2D eigenvalue weighted by Gasteiger charge is -2.32. The van der Waals surface area contributed by atoms with Gasteiger partial charge in [0, 0.05) is 38.0 Å². The Morgan fingerprint density at radius 2 is 2.26 bits per heavy atom. The third-order valence-corrected chi connectivity index (χ3v) is 4.22. The Labute approximate surface area is 136 Å². The SMILES string of the molecule is COCc1nccc([C@@H]2CCCN(Cc3cccc(F)c3)C2)n1. The molecule has 4 nitrogen and oxygen atoms in total. The lowest BCUT2D eigenvalue weighted by Crippen LogP contribution is -2.34. The van der Waals surface area contributed by atoms with Crippen molar-refractivity contribution in [3.63, 3.8) is 0 Å². The first kappa shape index (κ1) is 16.0. The maximum Gasteiger partial charge on any atom is 0.154 e. The number of benzene rings is 1. The van der Waals surface area contributed by atoms with Gasteiger partial charge in [0.15, 0.2) is 5.82 Å². The Morgan fingerprint density at radius 3 is 3.09 bits per heavy atom. The summed E-state index contributed by atoms with van der Waals surface area (Å²) in [6.45, 7) is 3.21. The lowest BCUT2D eigenvalue weighted by molar-refractivity contribution is 0.176. The number of likely N-dealkylation sites (tertiary alicyclic amines) is 1. The summed E-state index contributed by atoms with van der Waals surface area (Å²) in [6.07, 6.45) is 4.06. The Hall–Kier alpha value is -1.85. The molecule has 2 aromatic rings. The minimum atomic E-state index is -0.170. The monoisotopic (exact) mass is 315 g/mol. The fraction of sp³-hybridized carbons (Fsp3) is 0.444. The van der Waals surface area contributed by atoms with E-state index in [4.69, 9.17) is 4.74 Å². The van der Waals surface area contributed by atoms with Gasteiger partial charge >= 0.3 is 0 Å².